The van der Waals surface area contributed by atoms with Gasteiger partial charge in [-0.05, 0) is 13.0 Å². The van der Waals surface area contributed by atoms with E-state index in [2.05, 4.69) is 15.6 Å². The van der Waals surface area contributed by atoms with E-state index in [1.807, 2.05) is 6.92 Å². The lowest BCUT2D eigenvalue weighted by atomic mass is 10.2. The molecule has 0 saturated heterocycles. The van der Waals surface area contributed by atoms with E-state index in [9.17, 15) is 4.79 Å². The van der Waals surface area contributed by atoms with Crippen LogP contribution in [0.2, 0.25) is 0 Å². The molecule has 1 heterocycles. The van der Waals surface area contributed by atoms with Gasteiger partial charge >= 0.3 is 0 Å². The average Bonchev–Trinajstić information content (AvgIpc) is 2.43. The summed E-state index contributed by atoms with van der Waals surface area (Å²) in [6, 6.07) is 1.79. The summed E-state index contributed by atoms with van der Waals surface area (Å²) >= 11 is 0. The fraction of sp³-hybridized carbons (Fsp3) is 0.538. The molecule has 0 bridgehead atoms. The van der Waals surface area contributed by atoms with Crippen molar-refractivity contribution in [1.82, 2.24) is 10.3 Å². The van der Waals surface area contributed by atoms with Crippen molar-refractivity contribution in [3.63, 3.8) is 0 Å². The third kappa shape index (κ3) is 5.67. The molecule has 1 aromatic heterocycles. The summed E-state index contributed by atoms with van der Waals surface area (Å²) in [5.74, 6) is -0.153. The van der Waals surface area contributed by atoms with Crippen molar-refractivity contribution in [3.8, 4) is 0 Å². The van der Waals surface area contributed by atoms with Crippen LogP contribution in [0.5, 0.6) is 0 Å². The molecule has 0 aliphatic heterocycles. The van der Waals surface area contributed by atoms with Crippen LogP contribution in [0.15, 0.2) is 18.5 Å². The number of nitrogens with zero attached hydrogens (tertiary/aromatic N) is 1. The summed E-state index contributed by atoms with van der Waals surface area (Å²) in [5.41, 5.74) is 1.33. The Hall–Kier alpha value is -1.66. The number of pyridine rings is 1. The standard InChI is InChI=1S/C13H21N3O3/c1-3-15-12-4-5-14-10-11(12)13(17)16-6-7-19-9-8-18-2/h4-5,10H,3,6-9H2,1-2H3,(H,14,15)(H,16,17). The number of amides is 1. The number of carbonyl (C=O) groups is 1. The molecule has 6 heteroatoms. The van der Waals surface area contributed by atoms with Crippen molar-refractivity contribution >= 4 is 11.6 Å². The van der Waals surface area contributed by atoms with Crippen LogP contribution in [0.1, 0.15) is 17.3 Å². The lowest BCUT2D eigenvalue weighted by Gasteiger charge is -2.10. The molecule has 0 aromatic carbocycles. The Morgan fingerprint density at radius 3 is 2.95 bits per heavy atom. The normalized spacial score (nSPS) is 10.2. The smallest absolute Gasteiger partial charge is 0.255 e. The molecular weight excluding hydrogens is 246 g/mol. The van der Waals surface area contributed by atoms with Crippen LogP contribution in [0, 0.1) is 0 Å². The van der Waals surface area contributed by atoms with Gasteiger partial charge in [-0.15, -0.1) is 0 Å². The largest absolute Gasteiger partial charge is 0.385 e. The zero-order valence-electron chi connectivity index (χ0n) is 11.4. The molecule has 1 amide bonds. The Morgan fingerprint density at radius 1 is 1.37 bits per heavy atom. The quantitative estimate of drug-likeness (QED) is 0.651. The Labute approximate surface area is 113 Å². The SMILES string of the molecule is CCNc1ccncc1C(=O)NCCOCCOC. The Bertz CT molecular complexity index is 385. The highest BCUT2D eigenvalue weighted by atomic mass is 16.5. The van der Waals surface area contributed by atoms with Crippen LogP contribution in [0.25, 0.3) is 0 Å². The fourth-order valence-corrected chi connectivity index (χ4v) is 1.50. The number of anilines is 1. The maximum atomic E-state index is 12.0. The third-order valence-corrected chi connectivity index (χ3v) is 2.40. The Morgan fingerprint density at radius 2 is 2.21 bits per heavy atom. The maximum absolute atomic E-state index is 12.0. The van der Waals surface area contributed by atoms with Gasteiger partial charge in [0.15, 0.2) is 0 Å². The second kappa shape index (κ2) is 9.29. The molecule has 0 aliphatic rings. The van der Waals surface area contributed by atoms with Gasteiger partial charge in [0.25, 0.3) is 5.91 Å². The minimum Gasteiger partial charge on any atom is -0.385 e. The summed E-state index contributed by atoms with van der Waals surface area (Å²) in [7, 11) is 1.62. The first kappa shape index (κ1) is 15.4. The zero-order chi connectivity index (χ0) is 13.9. The summed E-state index contributed by atoms with van der Waals surface area (Å²) in [6.07, 6.45) is 3.21. The van der Waals surface area contributed by atoms with Crippen molar-refractivity contribution in [2.45, 2.75) is 6.92 Å². The fourth-order valence-electron chi connectivity index (χ4n) is 1.50. The number of nitrogens with one attached hydrogen (secondary N) is 2. The molecule has 0 fully saturated rings. The second-order valence-electron chi connectivity index (χ2n) is 3.81. The first-order valence-corrected chi connectivity index (χ1v) is 6.32. The Kier molecular flexibility index (Phi) is 7.53. The van der Waals surface area contributed by atoms with Gasteiger partial charge in [-0.2, -0.15) is 0 Å². The van der Waals surface area contributed by atoms with Gasteiger partial charge in [0.05, 0.1) is 31.1 Å². The van der Waals surface area contributed by atoms with Crippen molar-refractivity contribution in [2.24, 2.45) is 0 Å². The number of methoxy groups -OCH3 is 1. The van der Waals surface area contributed by atoms with Gasteiger partial charge in [-0.25, -0.2) is 0 Å². The monoisotopic (exact) mass is 267 g/mol. The average molecular weight is 267 g/mol. The minimum atomic E-state index is -0.153. The highest BCUT2D eigenvalue weighted by molar-refractivity contribution is 5.99. The lowest BCUT2D eigenvalue weighted by Crippen LogP contribution is -2.28. The molecule has 0 atom stereocenters. The van der Waals surface area contributed by atoms with E-state index in [-0.39, 0.29) is 5.91 Å². The van der Waals surface area contributed by atoms with Crippen molar-refractivity contribution < 1.29 is 14.3 Å². The third-order valence-electron chi connectivity index (χ3n) is 2.40. The molecule has 19 heavy (non-hydrogen) atoms. The first-order chi connectivity index (χ1) is 9.29. The Balaban J connectivity index is 2.36. The predicted molar refractivity (Wildman–Crippen MR) is 73.4 cm³/mol. The van der Waals surface area contributed by atoms with Crippen LogP contribution in [-0.4, -0.2) is 50.9 Å². The van der Waals surface area contributed by atoms with E-state index in [0.29, 0.717) is 31.9 Å². The second-order valence-corrected chi connectivity index (χ2v) is 3.81. The molecule has 1 rings (SSSR count). The number of rotatable bonds is 9. The minimum absolute atomic E-state index is 0.153. The highest BCUT2D eigenvalue weighted by Crippen LogP contribution is 2.12. The van der Waals surface area contributed by atoms with E-state index in [1.165, 1.54) is 0 Å². The van der Waals surface area contributed by atoms with E-state index < -0.39 is 0 Å². The number of hydrogen-bond acceptors (Lipinski definition) is 5. The topological polar surface area (TPSA) is 72.5 Å². The van der Waals surface area contributed by atoms with Gasteiger partial charge in [0, 0.05) is 32.6 Å². The van der Waals surface area contributed by atoms with Gasteiger partial charge in [-0.3, -0.25) is 9.78 Å². The van der Waals surface area contributed by atoms with Crippen LogP contribution in [-0.2, 0) is 9.47 Å². The molecular formula is C13H21N3O3. The van der Waals surface area contributed by atoms with Crippen LogP contribution in [0.3, 0.4) is 0 Å². The molecule has 0 aliphatic carbocycles. The number of carbonyl (C=O) groups excluding carboxylic acids is 1. The van der Waals surface area contributed by atoms with Crippen molar-refractivity contribution in [2.75, 3.05) is 45.3 Å². The van der Waals surface area contributed by atoms with Crippen LogP contribution in [0.4, 0.5) is 5.69 Å². The number of ether oxygens (including phenoxy) is 2. The van der Waals surface area contributed by atoms with Crippen LogP contribution < -0.4 is 10.6 Å². The first-order valence-electron chi connectivity index (χ1n) is 6.32. The molecule has 6 nitrogen and oxygen atoms in total. The highest BCUT2D eigenvalue weighted by Gasteiger charge is 2.10. The van der Waals surface area contributed by atoms with E-state index >= 15 is 0 Å². The van der Waals surface area contributed by atoms with Gasteiger partial charge < -0.3 is 20.1 Å². The molecule has 0 saturated carbocycles. The molecule has 0 radical (unpaired) electrons. The molecule has 1 aromatic rings. The van der Waals surface area contributed by atoms with E-state index in [4.69, 9.17) is 9.47 Å². The predicted octanol–water partition coefficient (Wildman–Crippen LogP) is 0.906. The van der Waals surface area contributed by atoms with Crippen LogP contribution >= 0.6 is 0 Å². The molecule has 106 valence electrons. The summed E-state index contributed by atoms with van der Waals surface area (Å²) < 4.78 is 10.1. The van der Waals surface area contributed by atoms with Gasteiger partial charge in [0.2, 0.25) is 0 Å². The zero-order valence-corrected chi connectivity index (χ0v) is 11.4. The lowest BCUT2D eigenvalue weighted by molar-refractivity contribution is 0.0693. The molecule has 2 N–H and O–H groups in total. The van der Waals surface area contributed by atoms with E-state index in [0.717, 1.165) is 12.2 Å². The summed E-state index contributed by atoms with van der Waals surface area (Å²) in [5, 5.41) is 5.92. The summed E-state index contributed by atoms with van der Waals surface area (Å²) in [6.45, 7) is 4.74. The number of aromatic nitrogens is 1. The molecule has 0 unspecified atom stereocenters. The number of hydrogen-bond donors (Lipinski definition) is 2. The summed E-state index contributed by atoms with van der Waals surface area (Å²) in [4.78, 5) is 15.9. The van der Waals surface area contributed by atoms with Crippen molar-refractivity contribution in [1.29, 1.82) is 0 Å². The molecule has 0 spiro atoms. The van der Waals surface area contributed by atoms with Gasteiger partial charge in [0.1, 0.15) is 0 Å². The van der Waals surface area contributed by atoms with Gasteiger partial charge in [-0.1, -0.05) is 0 Å². The van der Waals surface area contributed by atoms with Crippen molar-refractivity contribution in [3.05, 3.63) is 24.0 Å². The van der Waals surface area contributed by atoms with E-state index in [1.54, 1.807) is 25.6 Å². The maximum Gasteiger partial charge on any atom is 0.255 e.